The van der Waals surface area contributed by atoms with Crippen LogP contribution in [-0.4, -0.2) is 251 Å². The lowest BCUT2D eigenvalue weighted by atomic mass is 9.87. The van der Waals surface area contributed by atoms with Crippen molar-refractivity contribution in [3.8, 4) is 0 Å². The molecule has 2 N–H and O–H groups in total. The summed E-state index contributed by atoms with van der Waals surface area (Å²) in [4.78, 5) is 163. The zero-order valence-electron chi connectivity index (χ0n) is 63.1. The highest BCUT2D eigenvalue weighted by Gasteiger charge is 2.65. The first-order valence-electron chi connectivity index (χ1n) is 34.9. The molecule has 618 valence electrons. The normalized spacial score (nSPS) is 28.2. The van der Waals surface area contributed by atoms with E-state index in [1.807, 2.05) is 48.5 Å². The quantitative estimate of drug-likeness (QED) is 0.0472. The molecule has 4 saturated heterocycles. The van der Waals surface area contributed by atoms with Crippen LogP contribution in [-0.2, 0) is 177 Å². The minimum atomic E-state index is -3.27. The molecule has 4 aliphatic rings. The molecule has 3 aromatic carbocycles. The molecule has 0 aromatic heterocycles. The first-order valence-corrected chi connectivity index (χ1v) is 36.1. The number of amides is 2. The van der Waals surface area contributed by atoms with Crippen LogP contribution in [0.2, 0.25) is 0 Å². The number of esters is 10. The largest absolute Gasteiger partial charge is 0.465 e. The van der Waals surface area contributed by atoms with Crippen molar-refractivity contribution in [1.29, 1.82) is 0 Å². The number of alkyl halides is 3. The lowest BCUT2D eigenvalue weighted by Gasteiger charge is -2.53. The van der Waals surface area contributed by atoms with Gasteiger partial charge in [0, 0.05) is 76.3 Å². The number of carbonyl (C=O) groups is 12. The van der Waals surface area contributed by atoms with E-state index in [0.717, 1.165) is 81.9 Å². The van der Waals surface area contributed by atoms with Gasteiger partial charge in [-0.2, -0.15) is 0 Å². The van der Waals surface area contributed by atoms with E-state index in [0.29, 0.717) is 11.1 Å². The van der Waals surface area contributed by atoms with Gasteiger partial charge in [0.15, 0.2) is 49.4 Å². The molecule has 4 fully saturated rings. The molecule has 21 atom stereocenters. The van der Waals surface area contributed by atoms with E-state index in [1.165, 1.54) is 7.11 Å². The summed E-state index contributed by atoms with van der Waals surface area (Å²) in [5.41, 5.74) is 2.19. The second kappa shape index (κ2) is 43.1. The van der Waals surface area contributed by atoms with Crippen molar-refractivity contribution in [3.05, 3.63) is 108 Å². The molecule has 0 radical (unpaired) electrons. The molecule has 36 nitrogen and oxygen atoms in total. The summed E-state index contributed by atoms with van der Waals surface area (Å²) in [5, 5.41) is 5.06. The Balaban J connectivity index is 1.45. The average molecular weight is 1650 g/mol. The number of methoxy groups -OCH3 is 2. The molecular formula is C73H91Cl3N2O34. The smallest absolute Gasteiger partial charge is 0.407 e. The molecule has 39 heteroatoms. The first-order chi connectivity index (χ1) is 53.1. The van der Waals surface area contributed by atoms with E-state index in [-0.39, 0.29) is 26.4 Å². The van der Waals surface area contributed by atoms with Crippen LogP contribution in [0.3, 0.4) is 0 Å². The fraction of sp³-hybridized carbons (Fsp3) is 0.589. The van der Waals surface area contributed by atoms with Gasteiger partial charge in [0.25, 0.3) is 5.79 Å². The Bertz CT molecular complexity index is 3660. The second-order valence-corrected chi connectivity index (χ2v) is 28.3. The van der Waals surface area contributed by atoms with Crippen LogP contribution in [0.25, 0.3) is 0 Å². The standard InChI is InChI=1S/C73H91Cl3N2O34/c1-37(79)77-55-50(100-41(5)83)28-72(70(89)92-12,111-62(55)59(102-43(7)85)52(101-42(6)84)33-94-38(2)80)112-64-60(103-44(8)86)54(35-96-40(4)82)108-69(66(64)105-46(10)88)109-58-53(34-95-39(3)81)106-67(56(61(58)104-45(9)87)78-71(90)99-36-73(74,75)76)110-65-63(98-31-49-26-20-15-21-27-49)57(97-30-48-24-18-14-19-25-48)51(107-68(65)91-11)32-93-29-47-22-16-13-17-23-47/h13-27,50-69H,28-36H2,1-12H3,(H,77,79)(H,78,90)/t50-,51+,52+,53+,54+,55+,56+,57+,58+,59+,60-,61+,62+,63-,64-,65-,66+,67-,68+,69-,72-/m0/s1. The molecule has 0 unspecified atom stereocenters. The van der Waals surface area contributed by atoms with Crippen LogP contribution in [0.15, 0.2) is 91.0 Å². The fourth-order valence-corrected chi connectivity index (χ4v) is 12.8. The van der Waals surface area contributed by atoms with Gasteiger partial charge in [-0.1, -0.05) is 126 Å². The minimum absolute atomic E-state index is 0.0532. The molecule has 3 aromatic rings. The van der Waals surface area contributed by atoms with Crippen molar-refractivity contribution in [2.45, 2.75) is 228 Å². The predicted molar refractivity (Wildman–Crippen MR) is 377 cm³/mol. The van der Waals surface area contributed by atoms with Crippen molar-refractivity contribution in [2.24, 2.45) is 0 Å². The topological polar surface area (TPSA) is 432 Å². The van der Waals surface area contributed by atoms with E-state index in [9.17, 15) is 52.7 Å². The van der Waals surface area contributed by atoms with Crippen molar-refractivity contribution in [3.63, 3.8) is 0 Å². The summed E-state index contributed by atoms with van der Waals surface area (Å²) in [6.45, 7) is 5.39. The van der Waals surface area contributed by atoms with Gasteiger partial charge in [-0.3, -0.25) is 47.9 Å². The van der Waals surface area contributed by atoms with Gasteiger partial charge >= 0.3 is 65.8 Å². The monoisotopic (exact) mass is 1640 g/mol. The van der Waals surface area contributed by atoms with E-state index < -0.39 is 237 Å². The molecule has 0 spiro atoms. The highest BCUT2D eigenvalue weighted by atomic mass is 35.6. The van der Waals surface area contributed by atoms with Crippen molar-refractivity contribution < 1.29 is 162 Å². The molecule has 7 rings (SSSR count). The zero-order chi connectivity index (χ0) is 82.1. The molecule has 0 aliphatic carbocycles. The molecule has 4 heterocycles. The van der Waals surface area contributed by atoms with Gasteiger partial charge in [-0.25, -0.2) is 9.59 Å². The van der Waals surface area contributed by atoms with E-state index in [4.69, 9.17) is 139 Å². The third-order valence-corrected chi connectivity index (χ3v) is 17.2. The highest BCUT2D eigenvalue weighted by Crippen LogP contribution is 2.44. The van der Waals surface area contributed by atoms with Crippen molar-refractivity contribution in [2.75, 3.05) is 47.3 Å². The highest BCUT2D eigenvalue weighted by molar-refractivity contribution is 6.67. The van der Waals surface area contributed by atoms with Crippen LogP contribution in [0, 0.1) is 0 Å². The molecule has 2 amide bonds. The summed E-state index contributed by atoms with van der Waals surface area (Å²) >= 11 is 18.3. The number of alkyl carbamates (subject to hydrolysis) is 1. The fourth-order valence-electron chi connectivity index (χ4n) is 12.6. The summed E-state index contributed by atoms with van der Waals surface area (Å²) in [5.74, 6) is -15.6. The third kappa shape index (κ3) is 27.4. The van der Waals surface area contributed by atoms with Crippen molar-refractivity contribution in [1.82, 2.24) is 10.6 Å². The second-order valence-electron chi connectivity index (χ2n) is 25.8. The third-order valence-electron chi connectivity index (χ3n) is 16.9. The maximum absolute atomic E-state index is 15.2. The number of hydrogen-bond donors (Lipinski definition) is 2. The molecule has 0 saturated carbocycles. The van der Waals surface area contributed by atoms with Gasteiger partial charge < -0.3 is 115 Å². The van der Waals surface area contributed by atoms with E-state index >= 15 is 4.79 Å². The first kappa shape index (κ1) is 90.7. The Morgan fingerprint density at radius 3 is 1.46 bits per heavy atom. The van der Waals surface area contributed by atoms with Gasteiger partial charge in [0.2, 0.25) is 9.70 Å². The Morgan fingerprint density at radius 2 is 0.955 bits per heavy atom. The molecule has 4 aliphatic heterocycles. The van der Waals surface area contributed by atoms with Gasteiger partial charge in [-0.05, 0) is 16.7 Å². The average Bonchev–Trinajstić information content (AvgIpc) is 0.745. The summed E-state index contributed by atoms with van der Waals surface area (Å²) in [6.07, 6.45) is -36.8. The lowest BCUT2D eigenvalue weighted by Crippen LogP contribution is -2.72. The molecule has 0 bridgehead atoms. The van der Waals surface area contributed by atoms with E-state index in [1.54, 1.807) is 42.5 Å². The van der Waals surface area contributed by atoms with Crippen LogP contribution in [0.1, 0.15) is 92.3 Å². The number of nitrogens with one attached hydrogen (secondary N) is 2. The number of hydrogen-bond acceptors (Lipinski definition) is 34. The number of benzene rings is 3. The Morgan fingerprint density at radius 1 is 0.473 bits per heavy atom. The summed E-state index contributed by atoms with van der Waals surface area (Å²) in [7, 11) is 2.10. The van der Waals surface area contributed by atoms with Gasteiger partial charge in [-0.15, -0.1) is 0 Å². The lowest BCUT2D eigenvalue weighted by molar-refractivity contribution is -0.390. The predicted octanol–water partition coefficient (Wildman–Crippen LogP) is 4.26. The Hall–Kier alpha value is -8.47. The number of halogens is 3. The van der Waals surface area contributed by atoms with Crippen LogP contribution >= 0.6 is 34.8 Å². The summed E-state index contributed by atoms with van der Waals surface area (Å²) in [6, 6.07) is 23.4. The van der Waals surface area contributed by atoms with Crippen LogP contribution in [0.5, 0.6) is 0 Å². The van der Waals surface area contributed by atoms with Crippen LogP contribution < -0.4 is 10.6 Å². The SMILES string of the molecule is COC(=O)[C@@]1(O[C@H]2[C@@H](OC(C)=O)[C@@H](COC(C)=O)O[C@@H](O[C@H]3[C@H](OC(C)=O)[C@@H](NC(=O)OCC(Cl)(Cl)Cl)[C@H](O[C@@H]4[C@H](OC)O[C@H](COCc5ccccc5)[C@@H](OCc5ccccc5)[C@@H]4OCc4ccccc4)O[C@@H]3COC(C)=O)[C@@H]2OC(C)=O)C[C@H](OC(C)=O)[C@@H](NC(C)=O)[C@H]([C@H](OC(C)=O)[C@@H](COC(C)=O)OC(C)=O)O1. The number of carbonyl (C=O) groups excluding carboxylic acids is 12. The van der Waals surface area contributed by atoms with Gasteiger partial charge in [0.1, 0.15) is 93.5 Å². The number of ether oxygens (including phenoxy) is 22. The molecule has 112 heavy (non-hydrogen) atoms. The Labute approximate surface area is 658 Å². The summed E-state index contributed by atoms with van der Waals surface area (Å²) < 4.78 is 133. The maximum Gasteiger partial charge on any atom is 0.407 e. The van der Waals surface area contributed by atoms with Crippen molar-refractivity contribution >= 4 is 106 Å². The molecular weight excluding hydrogens is 1560 g/mol. The van der Waals surface area contributed by atoms with E-state index in [2.05, 4.69) is 10.6 Å². The maximum atomic E-state index is 15.2. The van der Waals surface area contributed by atoms with Gasteiger partial charge in [0.05, 0.1) is 46.0 Å². The number of rotatable bonds is 35. The zero-order valence-corrected chi connectivity index (χ0v) is 65.4. The minimum Gasteiger partial charge on any atom is -0.465 e. The Kier molecular flexibility index (Phi) is 34.9. The van der Waals surface area contributed by atoms with Crippen LogP contribution in [0.4, 0.5) is 4.79 Å².